The van der Waals surface area contributed by atoms with Crippen molar-refractivity contribution < 1.29 is 13.2 Å². The van der Waals surface area contributed by atoms with Crippen LogP contribution in [-0.2, 0) is 6.18 Å². The van der Waals surface area contributed by atoms with Crippen molar-refractivity contribution in [2.24, 2.45) is 5.10 Å². The summed E-state index contributed by atoms with van der Waals surface area (Å²) in [6.45, 7) is 0. The first kappa shape index (κ1) is 11.3. The molecule has 88 valence electrons. The van der Waals surface area contributed by atoms with Crippen LogP contribution in [0, 0.1) is 0 Å². The summed E-state index contributed by atoms with van der Waals surface area (Å²) in [6.07, 6.45) is -0.776. The minimum atomic E-state index is -4.40. The Balaban J connectivity index is 2.33. The lowest BCUT2D eigenvalue weighted by Crippen LogP contribution is -2.08. The maximum Gasteiger partial charge on any atom is 0.417 e. The molecule has 1 aromatic carbocycles. The van der Waals surface area contributed by atoms with E-state index in [0.717, 1.165) is 17.1 Å². The van der Waals surface area contributed by atoms with Crippen molar-refractivity contribution in [2.75, 3.05) is 0 Å². The van der Waals surface area contributed by atoms with Crippen molar-refractivity contribution in [2.45, 2.75) is 6.18 Å². The number of alkyl halides is 3. The number of halogens is 3. The van der Waals surface area contributed by atoms with Gasteiger partial charge >= 0.3 is 6.18 Å². The Morgan fingerprint density at radius 3 is 2.65 bits per heavy atom. The molecule has 1 heterocycles. The fourth-order valence-corrected chi connectivity index (χ4v) is 1.25. The van der Waals surface area contributed by atoms with Crippen molar-refractivity contribution in [3.05, 3.63) is 48.0 Å². The van der Waals surface area contributed by atoms with Crippen LogP contribution in [0.25, 0.3) is 0 Å². The average Bonchev–Trinajstić information content (AvgIpc) is 2.78. The molecule has 1 aromatic heterocycles. The summed E-state index contributed by atoms with van der Waals surface area (Å²) in [7, 11) is 0. The summed E-state index contributed by atoms with van der Waals surface area (Å²) >= 11 is 0. The molecule has 0 spiro atoms. The van der Waals surface area contributed by atoms with Gasteiger partial charge in [-0.1, -0.05) is 18.2 Å². The molecule has 0 atom stereocenters. The van der Waals surface area contributed by atoms with E-state index in [-0.39, 0.29) is 5.56 Å². The first-order valence-corrected chi connectivity index (χ1v) is 4.62. The van der Waals surface area contributed by atoms with E-state index < -0.39 is 11.7 Å². The van der Waals surface area contributed by atoms with E-state index in [4.69, 9.17) is 0 Å². The molecule has 0 aliphatic carbocycles. The van der Waals surface area contributed by atoms with Crippen LogP contribution in [0.1, 0.15) is 11.1 Å². The van der Waals surface area contributed by atoms with Gasteiger partial charge < -0.3 is 0 Å². The number of rotatable bonds is 2. The molecule has 0 amide bonds. The predicted octanol–water partition coefficient (Wildman–Crippen LogP) is 2.18. The van der Waals surface area contributed by atoms with E-state index in [0.29, 0.717) is 0 Å². The van der Waals surface area contributed by atoms with Gasteiger partial charge in [-0.3, -0.25) is 0 Å². The molecule has 0 saturated heterocycles. The molecule has 0 aliphatic heterocycles. The number of hydrogen-bond acceptors (Lipinski definition) is 3. The third-order valence-corrected chi connectivity index (χ3v) is 1.99. The molecule has 2 aromatic rings. The molecular weight excluding hydrogens is 233 g/mol. The highest BCUT2D eigenvalue weighted by Gasteiger charge is 2.32. The van der Waals surface area contributed by atoms with Crippen molar-refractivity contribution >= 4 is 6.21 Å². The minimum absolute atomic E-state index is 0.0181. The van der Waals surface area contributed by atoms with Gasteiger partial charge in [0.15, 0.2) is 0 Å². The highest BCUT2D eigenvalue weighted by Crippen LogP contribution is 2.30. The number of hydrogen-bond donors (Lipinski definition) is 0. The van der Waals surface area contributed by atoms with Gasteiger partial charge in [-0.25, -0.2) is 4.98 Å². The van der Waals surface area contributed by atoms with Crippen molar-refractivity contribution in [1.29, 1.82) is 0 Å². The normalized spacial score (nSPS) is 12.2. The zero-order valence-electron chi connectivity index (χ0n) is 8.46. The Morgan fingerprint density at radius 2 is 2.00 bits per heavy atom. The van der Waals surface area contributed by atoms with E-state index in [1.54, 1.807) is 0 Å². The second-order valence-electron chi connectivity index (χ2n) is 3.15. The summed E-state index contributed by atoms with van der Waals surface area (Å²) in [5.41, 5.74) is -0.751. The number of aromatic nitrogens is 3. The van der Waals surface area contributed by atoms with Crippen LogP contribution in [0.3, 0.4) is 0 Å². The maximum atomic E-state index is 12.6. The summed E-state index contributed by atoms with van der Waals surface area (Å²) in [4.78, 5) is 4.70. The first-order valence-electron chi connectivity index (χ1n) is 4.62. The Labute approximate surface area is 94.4 Å². The average molecular weight is 240 g/mol. The van der Waals surface area contributed by atoms with Gasteiger partial charge in [-0.05, 0) is 6.07 Å². The Hall–Kier alpha value is -2.18. The largest absolute Gasteiger partial charge is 0.417 e. The molecule has 17 heavy (non-hydrogen) atoms. The molecule has 0 aliphatic rings. The van der Waals surface area contributed by atoms with Crippen molar-refractivity contribution in [3.63, 3.8) is 0 Å². The lowest BCUT2D eigenvalue weighted by molar-refractivity contribution is -0.137. The van der Waals surface area contributed by atoms with Gasteiger partial charge in [0.25, 0.3) is 0 Å². The summed E-state index contributed by atoms with van der Waals surface area (Å²) in [5, 5.41) is 7.38. The van der Waals surface area contributed by atoms with Crippen LogP contribution in [0.2, 0.25) is 0 Å². The first-order chi connectivity index (χ1) is 8.07. The smallest absolute Gasteiger partial charge is 0.221 e. The number of benzene rings is 1. The SMILES string of the molecule is FC(F)(F)c1ccccc1/C=N/n1cncn1. The second-order valence-corrected chi connectivity index (χ2v) is 3.15. The quantitative estimate of drug-likeness (QED) is 0.755. The topological polar surface area (TPSA) is 43.1 Å². The highest BCUT2D eigenvalue weighted by atomic mass is 19.4. The molecule has 0 bridgehead atoms. The van der Waals surface area contributed by atoms with Gasteiger partial charge in [0.2, 0.25) is 0 Å². The van der Waals surface area contributed by atoms with Crippen LogP contribution in [-0.4, -0.2) is 21.1 Å². The minimum Gasteiger partial charge on any atom is -0.221 e. The summed E-state index contributed by atoms with van der Waals surface area (Å²) < 4.78 is 37.9. The maximum absolute atomic E-state index is 12.6. The van der Waals surface area contributed by atoms with Crippen LogP contribution in [0.4, 0.5) is 13.2 Å². The Morgan fingerprint density at radius 1 is 1.24 bits per heavy atom. The van der Waals surface area contributed by atoms with Gasteiger partial charge in [-0.15, -0.1) is 9.89 Å². The van der Waals surface area contributed by atoms with Crippen molar-refractivity contribution in [1.82, 2.24) is 14.9 Å². The summed E-state index contributed by atoms with van der Waals surface area (Å²) in [6, 6.07) is 5.18. The van der Waals surface area contributed by atoms with Crippen LogP contribution >= 0.6 is 0 Å². The molecule has 0 fully saturated rings. The van der Waals surface area contributed by atoms with E-state index in [1.807, 2.05) is 0 Å². The van der Waals surface area contributed by atoms with Gasteiger partial charge in [0, 0.05) is 5.56 Å². The van der Waals surface area contributed by atoms with Gasteiger partial charge in [0.05, 0.1) is 11.8 Å². The van der Waals surface area contributed by atoms with E-state index in [2.05, 4.69) is 15.2 Å². The standard InChI is InChI=1S/C10H7F3N4/c11-10(12,13)9-4-2-1-3-8(9)5-15-17-7-14-6-16-17/h1-7H/b15-5+. The predicted molar refractivity (Wildman–Crippen MR) is 54.5 cm³/mol. The van der Waals surface area contributed by atoms with E-state index in [1.165, 1.54) is 30.9 Å². The monoisotopic (exact) mass is 240 g/mol. The lowest BCUT2D eigenvalue weighted by Gasteiger charge is -2.08. The molecule has 7 heteroatoms. The lowest BCUT2D eigenvalue weighted by atomic mass is 10.1. The fourth-order valence-electron chi connectivity index (χ4n) is 1.25. The summed E-state index contributed by atoms with van der Waals surface area (Å²) in [5.74, 6) is 0. The highest BCUT2D eigenvalue weighted by molar-refractivity contribution is 5.81. The zero-order chi connectivity index (χ0) is 12.3. The van der Waals surface area contributed by atoms with E-state index >= 15 is 0 Å². The van der Waals surface area contributed by atoms with Gasteiger partial charge in [0.1, 0.15) is 12.7 Å². The van der Waals surface area contributed by atoms with Crippen LogP contribution in [0.15, 0.2) is 42.0 Å². The van der Waals surface area contributed by atoms with Crippen molar-refractivity contribution in [3.8, 4) is 0 Å². The number of nitrogens with zero attached hydrogens (tertiary/aromatic N) is 4. The third-order valence-electron chi connectivity index (χ3n) is 1.99. The molecule has 0 N–H and O–H groups in total. The molecule has 0 saturated carbocycles. The fraction of sp³-hybridized carbons (Fsp3) is 0.100. The molecule has 4 nitrogen and oxygen atoms in total. The van der Waals surface area contributed by atoms with E-state index in [9.17, 15) is 13.2 Å². The molecule has 0 radical (unpaired) electrons. The Bertz CT molecular complexity index is 517. The molecular formula is C10H7F3N4. The van der Waals surface area contributed by atoms with Crippen LogP contribution in [0.5, 0.6) is 0 Å². The second kappa shape index (κ2) is 4.36. The molecule has 0 unspecified atom stereocenters. The van der Waals surface area contributed by atoms with Crippen LogP contribution < -0.4 is 0 Å². The Kier molecular flexibility index (Phi) is 2.90. The molecule has 2 rings (SSSR count). The zero-order valence-corrected chi connectivity index (χ0v) is 8.46. The van der Waals surface area contributed by atoms with Gasteiger partial charge in [-0.2, -0.15) is 18.3 Å². The third kappa shape index (κ3) is 2.68.